The lowest BCUT2D eigenvalue weighted by Gasteiger charge is -2.01. The van der Waals surface area contributed by atoms with Gasteiger partial charge in [0.25, 0.3) is 0 Å². The Bertz CT molecular complexity index is 489. The number of carbonyl (C=O) groups is 1. The Morgan fingerprint density at radius 3 is 2.67 bits per heavy atom. The molecule has 4 heteroatoms. The second-order valence-electron chi connectivity index (χ2n) is 4.35. The van der Waals surface area contributed by atoms with Gasteiger partial charge in [-0.25, -0.2) is 0 Å². The van der Waals surface area contributed by atoms with Crippen LogP contribution in [0.5, 0.6) is 0 Å². The summed E-state index contributed by atoms with van der Waals surface area (Å²) >= 11 is 1.43. The Morgan fingerprint density at radius 2 is 2.06 bits per heavy atom. The molecule has 3 nitrogen and oxygen atoms in total. The lowest BCUT2D eigenvalue weighted by molar-refractivity contribution is 0.104. The first-order valence-corrected chi connectivity index (χ1v) is 6.43. The summed E-state index contributed by atoms with van der Waals surface area (Å²) in [5.41, 5.74) is 0. The van der Waals surface area contributed by atoms with E-state index >= 15 is 0 Å². The van der Waals surface area contributed by atoms with Gasteiger partial charge in [-0.05, 0) is 26.2 Å². The molecular weight excluding hydrogens is 244 g/mol. The van der Waals surface area contributed by atoms with E-state index in [2.05, 4.69) is 11.8 Å². The summed E-state index contributed by atoms with van der Waals surface area (Å²) in [6.45, 7) is 0.724. The van der Waals surface area contributed by atoms with E-state index in [4.69, 9.17) is 0 Å². The third kappa shape index (κ3) is 5.17. The monoisotopic (exact) mass is 262 g/mol. The molecule has 0 N–H and O–H groups in total. The van der Waals surface area contributed by atoms with Gasteiger partial charge in [0.2, 0.25) is 0 Å². The molecule has 0 saturated heterocycles. The van der Waals surface area contributed by atoms with Crippen LogP contribution in [0.2, 0.25) is 0 Å². The predicted octanol–water partition coefficient (Wildman–Crippen LogP) is 1.92. The Balaban J connectivity index is 2.67. The number of hydrogen-bond acceptors (Lipinski definition) is 4. The molecular formula is C14H18N2OS. The van der Waals surface area contributed by atoms with E-state index in [1.165, 1.54) is 11.3 Å². The standard InChI is InChI=1S/C14H18N2OS/c1-15(2)10-5-6-12-7-8-14(18-12)13(17)9-11-16(3)4/h7-9,11H,10H2,1-4H3/b11-9+. The summed E-state index contributed by atoms with van der Waals surface area (Å²) in [5.74, 6) is 6.13. The van der Waals surface area contributed by atoms with Crippen LogP contribution in [0.1, 0.15) is 14.5 Å². The number of carbonyl (C=O) groups excluding carboxylic acids is 1. The fourth-order valence-corrected chi connectivity index (χ4v) is 1.92. The third-order valence-electron chi connectivity index (χ3n) is 1.98. The highest BCUT2D eigenvalue weighted by Gasteiger charge is 2.04. The minimum Gasteiger partial charge on any atom is -0.383 e. The van der Waals surface area contributed by atoms with Crippen molar-refractivity contribution in [2.75, 3.05) is 34.7 Å². The van der Waals surface area contributed by atoms with Crippen molar-refractivity contribution in [2.45, 2.75) is 0 Å². The van der Waals surface area contributed by atoms with E-state index in [0.717, 1.165) is 16.3 Å². The number of ketones is 1. The van der Waals surface area contributed by atoms with E-state index in [0.29, 0.717) is 0 Å². The van der Waals surface area contributed by atoms with Crippen LogP contribution >= 0.6 is 11.3 Å². The first-order chi connectivity index (χ1) is 8.49. The lowest BCUT2D eigenvalue weighted by Crippen LogP contribution is -2.10. The van der Waals surface area contributed by atoms with Crippen molar-refractivity contribution in [2.24, 2.45) is 0 Å². The number of rotatable bonds is 4. The molecule has 1 heterocycles. The Hall–Kier alpha value is -1.57. The molecule has 0 bridgehead atoms. The van der Waals surface area contributed by atoms with E-state index in [1.54, 1.807) is 12.3 Å². The molecule has 0 radical (unpaired) electrons. The zero-order valence-electron chi connectivity index (χ0n) is 11.2. The summed E-state index contributed by atoms with van der Waals surface area (Å²) in [6, 6.07) is 3.72. The molecule has 0 aliphatic rings. The summed E-state index contributed by atoms with van der Waals surface area (Å²) in [4.78, 5) is 17.3. The molecule has 0 amide bonds. The molecule has 18 heavy (non-hydrogen) atoms. The van der Waals surface area contributed by atoms with Gasteiger partial charge in [0.15, 0.2) is 5.78 Å². The molecule has 1 aromatic rings. The summed E-state index contributed by atoms with van der Waals surface area (Å²) in [7, 11) is 7.72. The van der Waals surface area contributed by atoms with Crippen molar-refractivity contribution in [3.8, 4) is 11.8 Å². The largest absolute Gasteiger partial charge is 0.383 e. The summed E-state index contributed by atoms with van der Waals surface area (Å²) in [5, 5.41) is 0. The van der Waals surface area contributed by atoms with Crippen molar-refractivity contribution in [3.63, 3.8) is 0 Å². The van der Waals surface area contributed by atoms with Gasteiger partial charge in [0.05, 0.1) is 16.3 Å². The Morgan fingerprint density at radius 1 is 1.33 bits per heavy atom. The molecule has 1 rings (SSSR count). The van der Waals surface area contributed by atoms with Crippen LogP contribution in [0.15, 0.2) is 24.4 Å². The molecule has 0 unspecified atom stereocenters. The van der Waals surface area contributed by atoms with Gasteiger partial charge in [0.1, 0.15) is 0 Å². The molecule has 0 fully saturated rings. The molecule has 0 spiro atoms. The number of nitrogens with zero attached hydrogens (tertiary/aromatic N) is 2. The van der Waals surface area contributed by atoms with Crippen molar-refractivity contribution < 1.29 is 4.79 Å². The number of allylic oxidation sites excluding steroid dienone is 1. The highest BCUT2D eigenvalue weighted by atomic mass is 32.1. The van der Waals surface area contributed by atoms with Crippen molar-refractivity contribution in [3.05, 3.63) is 34.2 Å². The van der Waals surface area contributed by atoms with Crippen LogP contribution in [0.3, 0.4) is 0 Å². The second kappa shape index (κ2) is 7.00. The Kier molecular flexibility index (Phi) is 5.63. The average Bonchev–Trinajstić information content (AvgIpc) is 2.74. The van der Waals surface area contributed by atoms with E-state index in [1.807, 2.05) is 50.1 Å². The topological polar surface area (TPSA) is 23.6 Å². The zero-order chi connectivity index (χ0) is 13.5. The second-order valence-corrected chi connectivity index (χ2v) is 5.43. The van der Waals surface area contributed by atoms with Crippen LogP contribution in [0.4, 0.5) is 0 Å². The van der Waals surface area contributed by atoms with Gasteiger partial charge in [-0.2, -0.15) is 0 Å². The minimum absolute atomic E-state index is 0.0226. The van der Waals surface area contributed by atoms with E-state index < -0.39 is 0 Å². The van der Waals surface area contributed by atoms with E-state index in [9.17, 15) is 4.79 Å². The molecule has 0 atom stereocenters. The minimum atomic E-state index is 0.0226. The normalized spacial score (nSPS) is 10.5. The van der Waals surface area contributed by atoms with Gasteiger partial charge in [-0.1, -0.05) is 11.8 Å². The maximum absolute atomic E-state index is 11.8. The van der Waals surface area contributed by atoms with Gasteiger partial charge >= 0.3 is 0 Å². The van der Waals surface area contributed by atoms with Crippen LogP contribution in [-0.4, -0.2) is 50.3 Å². The first kappa shape index (κ1) is 14.5. The molecule has 0 aromatic carbocycles. The van der Waals surface area contributed by atoms with Crippen LogP contribution in [0.25, 0.3) is 0 Å². The van der Waals surface area contributed by atoms with Crippen LogP contribution < -0.4 is 0 Å². The van der Waals surface area contributed by atoms with Crippen molar-refractivity contribution >= 4 is 17.1 Å². The van der Waals surface area contributed by atoms with Gasteiger partial charge in [-0.3, -0.25) is 9.69 Å². The molecule has 0 aliphatic heterocycles. The fraction of sp³-hybridized carbons (Fsp3) is 0.357. The molecule has 1 aromatic heterocycles. The number of thiophene rings is 1. The number of hydrogen-bond donors (Lipinski definition) is 0. The maximum Gasteiger partial charge on any atom is 0.197 e. The zero-order valence-corrected chi connectivity index (χ0v) is 12.0. The highest BCUT2D eigenvalue weighted by Crippen LogP contribution is 2.16. The fourth-order valence-electron chi connectivity index (χ4n) is 1.12. The van der Waals surface area contributed by atoms with E-state index in [-0.39, 0.29) is 5.78 Å². The molecule has 96 valence electrons. The third-order valence-corrected chi connectivity index (χ3v) is 3.00. The maximum atomic E-state index is 11.8. The molecule has 0 saturated carbocycles. The summed E-state index contributed by atoms with van der Waals surface area (Å²) < 4.78 is 0. The van der Waals surface area contributed by atoms with Crippen molar-refractivity contribution in [1.82, 2.24) is 9.80 Å². The van der Waals surface area contributed by atoms with Gasteiger partial charge in [-0.15, -0.1) is 11.3 Å². The lowest BCUT2D eigenvalue weighted by atomic mass is 10.3. The molecule has 0 aliphatic carbocycles. The van der Waals surface area contributed by atoms with Crippen LogP contribution in [0, 0.1) is 11.8 Å². The van der Waals surface area contributed by atoms with Gasteiger partial charge < -0.3 is 4.90 Å². The quantitative estimate of drug-likeness (QED) is 0.470. The Labute approximate surface area is 113 Å². The first-order valence-electron chi connectivity index (χ1n) is 5.61. The van der Waals surface area contributed by atoms with Crippen LogP contribution in [-0.2, 0) is 0 Å². The average molecular weight is 262 g/mol. The smallest absolute Gasteiger partial charge is 0.197 e. The van der Waals surface area contributed by atoms with Gasteiger partial charge in [0, 0.05) is 26.4 Å². The summed E-state index contributed by atoms with van der Waals surface area (Å²) in [6.07, 6.45) is 3.32. The highest BCUT2D eigenvalue weighted by molar-refractivity contribution is 7.14. The SMILES string of the molecule is CN(C)/C=C/C(=O)c1ccc(C#CCN(C)C)s1. The van der Waals surface area contributed by atoms with Crippen molar-refractivity contribution in [1.29, 1.82) is 0 Å². The predicted molar refractivity (Wildman–Crippen MR) is 76.9 cm³/mol.